The molecule has 0 atom stereocenters. The first-order valence-corrected chi connectivity index (χ1v) is 8.57. The lowest BCUT2D eigenvalue weighted by Gasteiger charge is -2.07. The van der Waals surface area contributed by atoms with Crippen LogP contribution in [0.5, 0.6) is 0 Å². The highest BCUT2D eigenvalue weighted by Gasteiger charge is 2.16. The molecular formula is C16H9N3O2S2. The fourth-order valence-corrected chi connectivity index (χ4v) is 3.70. The van der Waals surface area contributed by atoms with E-state index in [1.165, 1.54) is 12.1 Å². The first kappa shape index (κ1) is 14.0. The number of benzene rings is 1. The molecule has 0 saturated carbocycles. The molecule has 0 spiro atoms. The van der Waals surface area contributed by atoms with Crippen LogP contribution in [0.3, 0.4) is 0 Å². The van der Waals surface area contributed by atoms with Crippen molar-refractivity contribution in [2.75, 3.05) is 0 Å². The second-order valence-corrected chi connectivity index (χ2v) is 6.57. The van der Waals surface area contributed by atoms with Crippen LogP contribution in [-0.2, 0) is 0 Å². The predicted molar refractivity (Wildman–Crippen MR) is 92.8 cm³/mol. The van der Waals surface area contributed by atoms with Gasteiger partial charge in [-0.15, -0.1) is 11.3 Å². The maximum absolute atomic E-state index is 11.0. The summed E-state index contributed by atoms with van der Waals surface area (Å²) in [7, 11) is 0. The largest absolute Gasteiger partial charge is 0.271 e. The van der Waals surface area contributed by atoms with Crippen molar-refractivity contribution >= 4 is 39.4 Å². The van der Waals surface area contributed by atoms with E-state index in [-0.39, 0.29) is 5.69 Å². The third-order valence-corrected chi connectivity index (χ3v) is 4.97. The Balaban J connectivity index is 2.02. The second-order valence-electron chi connectivity index (χ2n) is 4.84. The molecule has 3 heterocycles. The highest BCUT2D eigenvalue weighted by atomic mass is 32.1. The molecule has 0 aliphatic heterocycles. The normalized spacial score (nSPS) is 11.0. The van der Waals surface area contributed by atoms with Gasteiger partial charge in [0, 0.05) is 23.1 Å². The Bertz CT molecular complexity index is 996. The van der Waals surface area contributed by atoms with E-state index in [4.69, 9.17) is 4.98 Å². The van der Waals surface area contributed by atoms with Gasteiger partial charge in [0.15, 0.2) is 0 Å². The Morgan fingerprint density at radius 2 is 1.87 bits per heavy atom. The number of hydrogen-bond acceptors (Lipinski definition) is 6. The van der Waals surface area contributed by atoms with Crippen molar-refractivity contribution in [1.29, 1.82) is 0 Å². The van der Waals surface area contributed by atoms with E-state index in [0.717, 1.165) is 21.8 Å². The van der Waals surface area contributed by atoms with Gasteiger partial charge in [-0.2, -0.15) is 11.3 Å². The number of fused-ring (bicyclic) bond motifs is 1. The number of non-ortho nitro benzene ring substituents is 1. The zero-order chi connectivity index (χ0) is 15.8. The summed E-state index contributed by atoms with van der Waals surface area (Å²) in [6.07, 6.45) is 0. The van der Waals surface area contributed by atoms with Crippen LogP contribution in [0.2, 0.25) is 0 Å². The van der Waals surface area contributed by atoms with Crippen molar-refractivity contribution in [3.63, 3.8) is 0 Å². The van der Waals surface area contributed by atoms with Gasteiger partial charge in [-0.25, -0.2) is 9.97 Å². The lowest BCUT2D eigenvalue weighted by Crippen LogP contribution is -1.95. The summed E-state index contributed by atoms with van der Waals surface area (Å²) in [5, 5.41) is 17.0. The zero-order valence-electron chi connectivity index (χ0n) is 11.7. The molecule has 0 aliphatic rings. The molecule has 0 aliphatic carbocycles. The Hall–Kier alpha value is -2.64. The summed E-state index contributed by atoms with van der Waals surface area (Å²) in [5.41, 5.74) is 3.76. The third-order valence-electron chi connectivity index (χ3n) is 3.41. The van der Waals surface area contributed by atoms with Gasteiger partial charge in [0.2, 0.25) is 0 Å². The minimum absolute atomic E-state index is 0.0206. The van der Waals surface area contributed by atoms with Crippen molar-refractivity contribution < 1.29 is 4.92 Å². The van der Waals surface area contributed by atoms with Crippen LogP contribution in [0.25, 0.3) is 32.9 Å². The lowest BCUT2D eigenvalue weighted by molar-refractivity contribution is -0.384. The number of thiophene rings is 2. The zero-order valence-corrected chi connectivity index (χ0v) is 13.3. The van der Waals surface area contributed by atoms with Crippen LogP contribution >= 0.6 is 22.7 Å². The molecule has 0 unspecified atom stereocenters. The van der Waals surface area contributed by atoms with Crippen LogP contribution in [-0.4, -0.2) is 14.9 Å². The molecule has 0 N–H and O–H groups in total. The maximum atomic E-state index is 11.0. The number of nitrogens with zero attached hydrogens (tertiary/aromatic N) is 3. The Morgan fingerprint density at radius 1 is 1.00 bits per heavy atom. The first-order valence-electron chi connectivity index (χ1n) is 6.75. The summed E-state index contributed by atoms with van der Waals surface area (Å²) in [5.74, 6) is 0. The fraction of sp³-hybridized carbons (Fsp3) is 0. The molecule has 3 aromatic heterocycles. The minimum atomic E-state index is -0.418. The van der Waals surface area contributed by atoms with Crippen LogP contribution in [0.1, 0.15) is 0 Å². The topological polar surface area (TPSA) is 68.9 Å². The highest BCUT2D eigenvalue weighted by molar-refractivity contribution is 7.13. The summed E-state index contributed by atoms with van der Waals surface area (Å²) in [6, 6.07) is 10.5. The SMILES string of the molecule is O=[N+]([O-])c1ccc2nc(-c3ccsc3)c(-c3cccs3)nc2c1. The number of aromatic nitrogens is 2. The smallest absolute Gasteiger partial charge is 0.258 e. The van der Waals surface area contributed by atoms with E-state index in [9.17, 15) is 10.1 Å². The Morgan fingerprint density at radius 3 is 2.57 bits per heavy atom. The lowest BCUT2D eigenvalue weighted by atomic mass is 10.1. The molecule has 4 rings (SSSR count). The molecule has 23 heavy (non-hydrogen) atoms. The van der Waals surface area contributed by atoms with Gasteiger partial charge < -0.3 is 0 Å². The molecule has 4 aromatic rings. The summed E-state index contributed by atoms with van der Waals surface area (Å²) < 4.78 is 0. The van der Waals surface area contributed by atoms with Crippen molar-refractivity contribution in [3.05, 3.63) is 62.7 Å². The molecule has 0 fully saturated rings. The van der Waals surface area contributed by atoms with Crippen molar-refractivity contribution in [2.24, 2.45) is 0 Å². The maximum Gasteiger partial charge on any atom is 0.271 e. The van der Waals surface area contributed by atoms with Crippen LogP contribution < -0.4 is 0 Å². The van der Waals surface area contributed by atoms with Gasteiger partial charge in [-0.1, -0.05) is 6.07 Å². The van der Waals surface area contributed by atoms with Gasteiger partial charge >= 0.3 is 0 Å². The molecule has 112 valence electrons. The van der Waals surface area contributed by atoms with Crippen molar-refractivity contribution in [2.45, 2.75) is 0 Å². The summed E-state index contributed by atoms with van der Waals surface area (Å²) in [4.78, 5) is 20.9. The predicted octanol–water partition coefficient (Wildman–Crippen LogP) is 5.00. The van der Waals surface area contributed by atoms with E-state index < -0.39 is 4.92 Å². The molecule has 7 heteroatoms. The van der Waals surface area contributed by atoms with Crippen LogP contribution in [0.4, 0.5) is 5.69 Å². The van der Waals surface area contributed by atoms with Crippen molar-refractivity contribution in [1.82, 2.24) is 9.97 Å². The quantitative estimate of drug-likeness (QED) is 0.389. The first-order chi connectivity index (χ1) is 11.2. The van der Waals surface area contributed by atoms with Gasteiger partial charge in [-0.05, 0) is 29.0 Å². The second kappa shape index (κ2) is 5.53. The molecule has 1 aromatic carbocycles. The van der Waals surface area contributed by atoms with E-state index in [2.05, 4.69) is 4.98 Å². The average Bonchev–Trinajstić information content (AvgIpc) is 3.26. The van der Waals surface area contributed by atoms with E-state index in [1.807, 2.05) is 34.3 Å². The fourth-order valence-electron chi connectivity index (χ4n) is 2.34. The summed E-state index contributed by atoms with van der Waals surface area (Å²) in [6.45, 7) is 0. The standard InChI is InChI=1S/C16H9N3O2S2/c20-19(21)11-3-4-12-13(8-11)18-16(14-2-1-6-23-14)15(17-12)10-5-7-22-9-10/h1-9H. The Kier molecular flexibility index (Phi) is 3.36. The number of nitro benzene ring substituents is 1. The number of nitro groups is 1. The molecule has 0 bridgehead atoms. The molecular weight excluding hydrogens is 330 g/mol. The number of rotatable bonds is 3. The Labute approximate surface area is 139 Å². The molecule has 0 radical (unpaired) electrons. The average molecular weight is 339 g/mol. The van der Waals surface area contributed by atoms with Crippen molar-refractivity contribution in [3.8, 4) is 21.8 Å². The highest BCUT2D eigenvalue weighted by Crippen LogP contribution is 2.34. The minimum Gasteiger partial charge on any atom is -0.258 e. The van der Waals surface area contributed by atoms with Crippen LogP contribution in [0, 0.1) is 10.1 Å². The van der Waals surface area contributed by atoms with Crippen LogP contribution in [0.15, 0.2) is 52.5 Å². The third kappa shape index (κ3) is 2.49. The van der Waals surface area contributed by atoms with E-state index in [1.54, 1.807) is 28.7 Å². The number of hydrogen-bond donors (Lipinski definition) is 0. The van der Waals surface area contributed by atoms with Gasteiger partial charge in [0.1, 0.15) is 5.69 Å². The van der Waals surface area contributed by atoms with E-state index in [0.29, 0.717) is 11.0 Å². The molecule has 5 nitrogen and oxygen atoms in total. The van der Waals surface area contributed by atoms with Gasteiger partial charge in [0.25, 0.3) is 5.69 Å². The van der Waals surface area contributed by atoms with E-state index >= 15 is 0 Å². The molecule has 0 amide bonds. The molecule has 0 saturated heterocycles. The van der Waals surface area contributed by atoms with Gasteiger partial charge in [0.05, 0.1) is 26.5 Å². The summed E-state index contributed by atoms with van der Waals surface area (Å²) >= 11 is 3.17. The van der Waals surface area contributed by atoms with Gasteiger partial charge in [-0.3, -0.25) is 10.1 Å². The monoisotopic (exact) mass is 339 g/mol.